The molecule has 7 nitrogen and oxygen atoms in total. The highest BCUT2D eigenvalue weighted by Crippen LogP contribution is 2.67. The lowest BCUT2D eigenvalue weighted by Crippen LogP contribution is -2.62. The number of nitrogen functional groups attached to an aromatic ring is 1. The van der Waals surface area contributed by atoms with E-state index in [1.165, 1.54) is 0 Å². The zero-order valence-electron chi connectivity index (χ0n) is 19.7. The Hall–Kier alpha value is -1.83. The van der Waals surface area contributed by atoms with E-state index in [-0.39, 0.29) is 41.5 Å². The Balaban J connectivity index is 0.000000318. The maximum atomic E-state index is 13.4. The molecule has 0 bridgehead atoms. The summed E-state index contributed by atoms with van der Waals surface area (Å²) in [6, 6.07) is 5.43. The molecule has 0 amide bonds. The van der Waals surface area contributed by atoms with E-state index in [1.807, 2.05) is 19.1 Å². The number of carbonyl (C=O) groups excluding carboxylic acids is 2. The predicted octanol–water partition coefficient (Wildman–Crippen LogP) is 2.53. The van der Waals surface area contributed by atoms with Crippen LogP contribution in [0.4, 0.5) is 5.82 Å². The number of pyridine rings is 1. The fraction of sp³-hybridized carbons (Fsp3) is 0.731. The van der Waals surface area contributed by atoms with Crippen molar-refractivity contribution in [3.8, 4) is 0 Å². The van der Waals surface area contributed by atoms with E-state index < -0.39 is 23.4 Å². The van der Waals surface area contributed by atoms with Crippen molar-refractivity contribution < 1.29 is 24.9 Å². The van der Waals surface area contributed by atoms with Gasteiger partial charge in [-0.2, -0.15) is 0 Å². The van der Waals surface area contributed by atoms with Crippen LogP contribution >= 0.6 is 0 Å². The lowest BCUT2D eigenvalue weighted by molar-refractivity contribution is -0.180. The van der Waals surface area contributed by atoms with Crippen LogP contribution in [-0.2, 0) is 9.59 Å². The number of aliphatic hydroxyl groups is 3. The van der Waals surface area contributed by atoms with Gasteiger partial charge in [-0.15, -0.1) is 0 Å². The number of hydrogen-bond donors (Lipinski definition) is 4. The molecule has 0 aromatic carbocycles. The summed E-state index contributed by atoms with van der Waals surface area (Å²) in [5.41, 5.74) is 2.84. The molecule has 0 aliphatic heterocycles. The SMILES string of the molecule is C[C@]12CC[C@@H](O)C[C@H]1CC[C@@H]1[C@@H]2C(=O)C[C@@]2(C)[C@H]1CC[C@]2(O)C(=O)CO.Nc1ccccn1. The van der Waals surface area contributed by atoms with Gasteiger partial charge in [0, 0.05) is 24.0 Å². The molecule has 4 aliphatic carbocycles. The molecule has 0 spiro atoms. The van der Waals surface area contributed by atoms with Gasteiger partial charge in [-0.05, 0) is 80.2 Å². The number of nitrogens with zero attached hydrogens (tertiary/aromatic N) is 1. The Morgan fingerprint density at radius 1 is 1.18 bits per heavy atom. The van der Waals surface area contributed by atoms with Gasteiger partial charge in [-0.25, -0.2) is 4.98 Å². The molecule has 0 unspecified atom stereocenters. The van der Waals surface area contributed by atoms with Crippen LogP contribution < -0.4 is 5.73 Å². The molecular formula is C26H38N2O5. The summed E-state index contributed by atoms with van der Waals surface area (Å²) in [5, 5.41) is 30.6. The average Bonchev–Trinajstić information content (AvgIpc) is 3.05. The molecule has 7 heteroatoms. The molecule has 33 heavy (non-hydrogen) atoms. The molecular weight excluding hydrogens is 420 g/mol. The second-order valence-electron chi connectivity index (χ2n) is 11.3. The monoisotopic (exact) mass is 458 g/mol. The van der Waals surface area contributed by atoms with Crippen LogP contribution in [0, 0.1) is 34.5 Å². The van der Waals surface area contributed by atoms with Crippen molar-refractivity contribution in [1.29, 1.82) is 0 Å². The maximum Gasteiger partial charge on any atom is 0.190 e. The first-order valence-corrected chi connectivity index (χ1v) is 12.3. The summed E-state index contributed by atoms with van der Waals surface area (Å²) in [5.74, 6) is 0.951. The van der Waals surface area contributed by atoms with Crippen molar-refractivity contribution in [2.45, 2.75) is 76.9 Å². The molecule has 182 valence electrons. The van der Waals surface area contributed by atoms with Crippen LogP contribution in [0.5, 0.6) is 0 Å². The smallest absolute Gasteiger partial charge is 0.190 e. The van der Waals surface area contributed by atoms with E-state index in [2.05, 4.69) is 11.9 Å². The first-order chi connectivity index (χ1) is 15.6. The minimum Gasteiger partial charge on any atom is -0.393 e. The Morgan fingerprint density at radius 2 is 1.94 bits per heavy atom. The number of aliphatic hydroxyl groups excluding tert-OH is 2. The molecule has 8 atom stereocenters. The van der Waals surface area contributed by atoms with Crippen LogP contribution in [0.3, 0.4) is 0 Å². The summed E-state index contributed by atoms with van der Waals surface area (Å²) < 4.78 is 0. The number of hydrogen-bond acceptors (Lipinski definition) is 7. The van der Waals surface area contributed by atoms with Crippen molar-refractivity contribution in [2.24, 2.45) is 34.5 Å². The van der Waals surface area contributed by atoms with Crippen LogP contribution in [0.2, 0.25) is 0 Å². The van der Waals surface area contributed by atoms with Crippen LogP contribution in [0.15, 0.2) is 24.4 Å². The number of aromatic nitrogens is 1. The summed E-state index contributed by atoms with van der Waals surface area (Å²) in [4.78, 5) is 29.5. The van der Waals surface area contributed by atoms with E-state index >= 15 is 0 Å². The molecule has 1 aromatic heterocycles. The fourth-order valence-electron chi connectivity index (χ4n) is 8.02. The normalized spacial score (nSPS) is 44.0. The molecule has 5 N–H and O–H groups in total. The molecule has 0 radical (unpaired) electrons. The van der Waals surface area contributed by atoms with E-state index in [9.17, 15) is 24.9 Å². The van der Waals surface area contributed by atoms with Crippen molar-refractivity contribution in [1.82, 2.24) is 4.98 Å². The summed E-state index contributed by atoms with van der Waals surface area (Å²) in [7, 11) is 0. The lowest BCUT2D eigenvalue weighted by Gasteiger charge is -2.60. The maximum absolute atomic E-state index is 13.4. The van der Waals surface area contributed by atoms with Gasteiger partial charge in [-0.3, -0.25) is 9.59 Å². The van der Waals surface area contributed by atoms with Gasteiger partial charge >= 0.3 is 0 Å². The number of carbonyl (C=O) groups is 2. The zero-order valence-corrected chi connectivity index (χ0v) is 19.7. The third-order valence-corrected chi connectivity index (χ3v) is 9.77. The second-order valence-corrected chi connectivity index (χ2v) is 11.3. The largest absolute Gasteiger partial charge is 0.393 e. The van der Waals surface area contributed by atoms with E-state index in [0.717, 1.165) is 38.5 Å². The number of ketones is 2. The number of rotatable bonds is 2. The van der Waals surface area contributed by atoms with Crippen molar-refractivity contribution >= 4 is 17.4 Å². The lowest BCUT2D eigenvalue weighted by atomic mass is 9.44. The van der Waals surface area contributed by atoms with Gasteiger partial charge in [0.1, 0.15) is 23.8 Å². The standard InChI is InChI=1S/C21H32O5.C5H6N2/c1-19-7-5-13(23)9-12(19)3-4-14-15-6-8-21(26,17(25)11-22)20(15,2)10-16(24)18(14)19;6-5-3-1-2-4-7-5/h12-15,18,22-23,26H,3-11H2,1-2H3;1-4H,(H2,6,7)/t12-,13-,14+,15+,18-,19+,20+,21+;/m1./s1. The summed E-state index contributed by atoms with van der Waals surface area (Å²) in [6.07, 6.45) is 7.14. The minimum atomic E-state index is -1.58. The zero-order chi connectivity index (χ0) is 24.0. The molecule has 4 saturated carbocycles. The van der Waals surface area contributed by atoms with E-state index in [4.69, 9.17) is 5.73 Å². The molecule has 1 heterocycles. The van der Waals surface area contributed by atoms with Gasteiger partial charge in [-0.1, -0.05) is 19.9 Å². The third kappa shape index (κ3) is 3.82. The molecule has 5 rings (SSSR count). The van der Waals surface area contributed by atoms with Gasteiger partial charge in [0.15, 0.2) is 5.78 Å². The fourth-order valence-corrected chi connectivity index (χ4v) is 8.02. The number of fused-ring (bicyclic) bond motifs is 5. The van der Waals surface area contributed by atoms with Gasteiger partial charge in [0.05, 0.1) is 6.10 Å². The summed E-state index contributed by atoms with van der Waals surface area (Å²) >= 11 is 0. The highest BCUT2D eigenvalue weighted by atomic mass is 16.3. The second kappa shape index (κ2) is 8.75. The van der Waals surface area contributed by atoms with Crippen molar-refractivity contribution in [2.75, 3.05) is 12.3 Å². The molecule has 0 saturated heterocycles. The number of nitrogens with two attached hydrogens (primary N) is 1. The van der Waals surface area contributed by atoms with E-state index in [0.29, 0.717) is 18.2 Å². The molecule has 4 fully saturated rings. The topological polar surface area (TPSA) is 134 Å². The Kier molecular flexibility index (Phi) is 6.44. The first kappa shape index (κ1) is 24.3. The van der Waals surface area contributed by atoms with E-state index in [1.54, 1.807) is 12.3 Å². The van der Waals surface area contributed by atoms with Gasteiger partial charge in [0.25, 0.3) is 0 Å². The van der Waals surface area contributed by atoms with Crippen LogP contribution in [-0.4, -0.2) is 50.2 Å². The summed E-state index contributed by atoms with van der Waals surface area (Å²) in [6.45, 7) is 3.46. The molecule has 1 aromatic rings. The molecule has 4 aliphatic rings. The first-order valence-electron chi connectivity index (χ1n) is 12.3. The number of anilines is 1. The van der Waals surface area contributed by atoms with Gasteiger partial charge in [0.2, 0.25) is 0 Å². The Morgan fingerprint density at radius 3 is 2.55 bits per heavy atom. The van der Waals surface area contributed by atoms with Crippen molar-refractivity contribution in [3.05, 3.63) is 24.4 Å². The van der Waals surface area contributed by atoms with Gasteiger partial charge < -0.3 is 21.1 Å². The Bertz CT molecular complexity index is 894. The van der Waals surface area contributed by atoms with Crippen LogP contribution in [0.1, 0.15) is 65.2 Å². The third-order valence-electron chi connectivity index (χ3n) is 9.77. The highest BCUT2D eigenvalue weighted by Gasteiger charge is 2.68. The number of Topliss-reactive ketones (excluding diaryl/α,β-unsaturated/α-hetero) is 2. The van der Waals surface area contributed by atoms with Crippen molar-refractivity contribution in [3.63, 3.8) is 0 Å². The predicted molar refractivity (Wildman–Crippen MR) is 124 cm³/mol. The quantitative estimate of drug-likeness (QED) is 0.535. The highest BCUT2D eigenvalue weighted by molar-refractivity contribution is 5.92. The Labute approximate surface area is 195 Å². The van der Waals surface area contributed by atoms with Crippen LogP contribution in [0.25, 0.3) is 0 Å². The average molecular weight is 459 g/mol. The minimum absolute atomic E-state index is 0.0154.